The average Bonchev–Trinajstić information content (AvgIpc) is 2.48. The van der Waals surface area contributed by atoms with Crippen LogP contribution in [0.25, 0.3) is 0 Å². The van der Waals surface area contributed by atoms with Crippen LogP contribution in [0.5, 0.6) is 11.6 Å². The van der Waals surface area contributed by atoms with Gasteiger partial charge in [0.25, 0.3) is 5.91 Å². The maximum absolute atomic E-state index is 12.2. The van der Waals surface area contributed by atoms with Crippen molar-refractivity contribution < 1.29 is 14.3 Å². The van der Waals surface area contributed by atoms with E-state index in [-0.39, 0.29) is 5.91 Å². The maximum Gasteiger partial charge on any atom is 0.255 e. The zero-order valence-corrected chi connectivity index (χ0v) is 11.9. The SMILES string of the molecule is CCOc1ccc(NC(=O)c2cc(N)cc(OC)c2)cn1. The van der Waals surface area contributed by atoms with Gasteiger partial charge in [-0.05, 0) is 25.1 Å². The number of carbonyl (C=O) groups is 1. The summed E-state index contributed by atoms with van der Waals surface area (Å²) in [5.74, 6) is 0.762. The van der Waals surface area contributed by atoms with Crippen LogP contribution < -0.4 is 20.5 Å². The van der Waals surface area contributed by atoms with E-state index in [1.54, 1.807) is 30.3 Å². The Labute approximate surface area is 122 Å². The van der Waals surface area contributed by atoms with Crippen LogP contribution in [0.3, 0.4) is 0 Å². The number of carbonyl (C=O) groups excluding carboxylic acids is 1. The second kappa shape index (κ2) is 6.60. The Bertz CT molecular complexity index is 627. The Morgan fingerprint density at radius 2 is 2.14 bits per heavy atom. The summed E-state index contributed by atoms with van der Waals surface area (Å²) in [5, 5.41) is 2.74. The third-order valence-electron chi connectivity index (χ3n) is 2.71. The molecule has 110 valence electrons. The predicted octanol–water partition coefficient (Wildman–Crippen LogP) is 2.32. The van der Waals surface area contributed by atoms with E-state index in [0.29, 0.717) is 35.2 Å². The number of hydrogen-bond donors (Lipinski definition) is 2. The van der Waals surface area contributed by atoms with Gasteiger partial charge in [-0.2, -0.15) is 0 Å². The number of benzene rings is 1. The van der Waals surface area contributed by atoms with Crippen molar-refractivity contribution in [1.29, 1.82) is 0 Å². The van der Waals surface area contributed by atoms with E-state index in [2.05, 4.69) is 10.3 Å². The number of nitrogens with two attached hydrogens (primary N) is 1. The first-order valence-electron chi connectivity index (χ1n) is 6.47. The van der Waals surface area contributed by atoms with Crippen molar-refractivity contribution in [2.24, 2.45) is 0 Å². The largest absolute Gasteiger partial charge is 0.497 e. The minimum Gasteiger partial charge on any atom is -0.497 e. The smallest absolute Gasteiger partial charge is 0.255 e. The van der Waals surface area contributed by atoms with E-state index >= 15 is 0 Å². The summed E-state index contributed by atoms with van der Waals surface area (Å²) < 4.78 is 10.3. The number of anilines is 2. The summed E-state index contributed by atoms with van der Waals surface area (Å²) in [7, 11) is 1.52. The number of nitrogen functional groups attached to an aromatic ring is 1. The van der Waals surface area contributed by atoms with Crippen LogP contribution in [-0.2, 0) is 0 Å². The average molecular weight is 287 g/mol. The van der Waals surface area contributed by atoms with Crippen LogP contribution in [0.1, 0.15) is 17.3 Å². The van der Waals surface area contributed by atoms with Crippen LogP contribution >= 0.6 is 0 Å². The number of methoxy groups -OCH3 is 1. The molecule has 2 rings (SSSR count). The Kier molecular flexibility index (Phi) is 4.61. The van der Waals surface area contributed by atoms with Gasteiger partial charge in [-0.15, -0.1) is 0 Å². The van der Waals surface area contributed by atoms with Gasteiger partial charge in [0.2, 0.25) is 5.88 Å². The summed E-state index contributed by atoms with van der Waals surface area (Å²) in [6, 6.07) is 8.27. The molecule has 0 atom stereocenters. The zero-order valence-electron chi connectivity index (χ0n) is 11.9. The van der Waals surface area contributed by atoms with Crippen molar-refractivity contribution in [3.63, 3.8) is 0 Å². The first-order chi connectivity index (χ1) is 10.1. The van der Waals surface area contributed by atoms with Crippen LogP contribution in [0.4, 0.5) is 11.4 Å². The Hall–Kier alpha value is -2.76. The predicted molar refractivity (Wildman–Crippen MR) is 80.8 cm³/mol. The number of hydrogen-bond acceptors (Lipinski definition) is 5. The molecule has 6 heteroatoms. The fourth-order valence-electron chi connectivity index (χ4n) is 1.76. The third-order valence-corrected chi connectivity index (χ3v) is 2.71. The third kappa shape index (κ3) is 3.85. The summed E-state index contributed by atoms with van der Waals surface area (Å²) in [4.78, 5) is 16.2. The lowest BCUT2D eigenvalue weighted by Crippen LogP contribution is -2.12. The van der Waals surface area contributed by atoms with Crippen LogP contribution in [0, 0.1) is 0 Å². The van der Waals surface area contributed by atoms with Crippen molar-refractivity contribution in [2.45, 2.75) is 6.92 Å². The minimum atomic E-state index is -0.286. The topological polar surface area (TPSA) is 86.5 Å². The van der Waals surface area contributed by atoms with E-state index < -0.39 is 0 Å². The monoisotopic (exact) mass is 287 g/mol. The maximum atomic E-state index is 12.2. The lowest BCUT2D eigenvalue weighted by atomic mass is 10.1. The molecule has 1 heterocycles. The first-order valence-corrected chi connectivity index (χ1v) is 6.47. The van der Waals surface area contributed by atoms with E-state index in [9.17, 15) is 4.79 Å². The van der Waals surface area contributed by atoms with Gasteiger partial charge in [-0.1, -0.05) is 0 Å². The van der Waals surface area contributed by atoms with E-state index in [0.717, 1.165) is 0 Å². The molecule has 0 unspecified atom stereocenters. The lowest BCUT2D eigenvalue weighted by molar-refractivity contribution is 0.102. The second-order valence-corrected chi connectivity index (χ2v) is 4.27. The highest BCUT2D eigenvalue weighted by molar-refractivity contribution is 6.05. The van der Waals surface area contributed by atoms with Crippen molar-refractivity contribution in [2.75, 3.05) is 24.8 Å². The van der Waals surface area contributed by atoms with Gasteiger partial charge < -0.3 is 20.5 Å². The van der Waals surface area contributed by atoms with Gasteiger partial charge in [-0.3, -0.25) is 4.79 Å². The Balaban J connectivity index is 2.12. The second-order valence-electron chi connectivity index (χ2n) is 4.27. The highest BCUT2D eigenvalue weighted by Gasteiger charge is 2.09. The van der Waals surface area contributed by atoms with E-state index in [1.807, 2.05) is 6.92 Å². The van der Waals surface area contributed by atoms with Crippen LogP contribution in [0.2, 0.25) is 0 Å². The molecule has 1 aromatic heterocycles. The molecule has 0 saturated heterocycles. The number of nitrogens with one attached hydrogen (secondary N) is 1. The van der Waals surface area contributed by atoms with Gasteiger partial charge in [0.1, 0.15) is 5.75 Å². The fourth-order valence-corrected chi connectivity index (χ4v) is 1.76. The van der Waals surface area contributed by atoms with Crippen LogP contribution in [0.15, 0.2) is 36.5 Å². The molecule has 0 bridgehead atoms. The zero-order chi connectivity index (χ0) is 15.2. The van der Waals surface area contributed by atoms with Gasteiger partial charge in [-0.25, -0.2) is 4.98 Å². The van der Waals surface area contributed by atoms with Crippen molar-refractivity contribution >= 4 is 17.3 Å². The van der Waals surface area contributed by atoms with E-state index in [4.69, 9.17) is 15.2 Å². The molecule has 1 amide bonds. The highest BCUT2D eigenvalue weighted by Crippen LogP contribution is 2.20. The lowest BCUT2D eigenvalue weighted by Gasteiger charge is -2.08. The number of amides is 1. The molecule has 3 N–H and O–H groups in total. The molecule has 21 heavy (non-hydrogen) atoms. The number of ether oxygens (including phenoxy) is 2. The van der Waals surface area contributed by atoms with Gasteiger partial charge in [0.15, 0.2) is 0 Å². The Morgan fingerprint density at radius 1 is 1.33 bits per heavy atom. The van der Waals surface area contributed by atoms with Crippen molar-refractivity contribution in [1.82, 2.24) is 4.98 Å². The molecule has 0 fully saturated rings. The Morgan fingerprint density at radius 3 is 2.76 bits per heavy atom. The number of pyridine rings is 1. The summed E-state index contributed by atoms with van der Waals surface area (Å²) in [5.41, 5.74) is 7.18. The summed E-state index contributed by atoms with van der Waals surface area (Å²) in [6.07, 6.45) is 1.53. The van der Waals surface area contributed by atoms with Crippen LogP contribution in [-0.4, -0.2) is 24.6 Å². The number of aromatic nitrogens is 1. The standard InChI is InChI=1S/C15H17N3O3/c1-3-21-14-5-4-12(9-17-14)18-15(19)10-6-11(16)8-13(7-10)20-2/h4-9H,3,16H2,1-2H3,(H,18,19). The van der Waals surface area contributed by atoms with Crippen molar-refractivity contribution in [3.8, 4) is 11.6 Å². The molecule has 0 aliphatic carbocycles. The van der Waals surface area contributed by atoms with Gasteiger partial charge in [0.05, 0.1) is 25.6 Å². The van der Waals surface area contributed by atoms with Gasteiger partial charge in [0, 0.05) is 23.4 Å². The molecular formula is C15H17N3O3. The fraction of sp³-hybridized carbons (Fsp3) is 0.200. The molecule has 0 saturated carbocycles. The molecule has 0 aliphatic rings. The number of rotatable bonds is 5. The molecule has 0 radical (unpaired) electrons. The molecule has 6 nitrogen and oxygen atoms in total. The summed E-state index contributed by atoms with van der Waals surface area (Å²) in [6.45, 7) is 2.42. The molecular weight excluding hydrogens is 270 g/mol. The quantitative estimate of drug-likeness (QED) is 0.824. The normalized spacial score (nSPS) is 10.0. The number of nitrogens with zero attached hydrogens (tertiary/aromatic N) is 1. The minimum absolute atomic E-state index is 0.286. The van der Waals surface area contributed by atoms with E-state index in [1.165, 1.54) is 13.3 Å². The molecule has 1 aromatic carbocycles. The molecule has 2 aromatic rings. The highest BCUT2D eigenvalue weighted by atomic mass is 16.5. The molecule has 0 aliphatic heterocycles. The molecule has 0 spiro atoms. The van der Waals surface area contributed by atoms with Gasteiger partial charge >= 0.3 is 0 Å². The first kappa shape index (κ1) is 14.6. The van der Waals surface area contributed by atoms with Crippen molar-refractivity contribution in [3.05, 3.63) is 42.1 Å². The summed E-state index contributed by atoms with van der Waals surface area (Å²) >= 11 is 0.